The molecule has 2 bridgehead atoms. The number of aliphatic hydroxyl groups is 1. The van der Waals surface area contributed by atoms with E-state index in [4.69, 9.17) is 9.47 Å². The number of fused-ring (bicyclic) bond motifs is 2. The number of cyclic esters (lactones) is 1. The van der Waals surface area contributed by atoms with Crippen LogP contribution in [0.1, 0.15) is 52.9 Å². The Morgan fingerprint density at radius 3 is 2.64 bits per heavy atom. The fourth-order valence-corrected chi connectivity index (χ4v) is 7.08. The van der Waals surface area contributed by atoms with Gasteiger partial charge in [0.1, 0.15) is 18.1 Å². The second kappa shape index (κ2) is 6.15. The van der Waals surface area contributed by atoms with Crippen molar-refractivity contribution < 1.29 is 29.0 Å². The molecule has 4 fully saturated rings. The van der Waals surface area contributed by atoms with Crippen molar-refractivity contribution in [3.63, 3.8) is 0 Å². The summed E-state index contributed by atoms with van der Waals surface area (Å²) in [5.74, 6) is -1.59. The van der Waals surface area contributed by atoms with Gasteiger partial charge in [-0.2, -0.15) is 0 Å². The van der Waals surface area contributed by atoms with Gasteiger partial charge in [-0.3, -0.25) is 14.4 Å². The lowest BCUT2D eigenvalue weighted by Gasteiger charge is -2.62. The molecule has 4 aliphatic rings. The Hall–Kier alpha value is -1.69. The highest BCUT2D eigenvalue weighted by molar-refractivity contribution is 6.15. The van der Waals surface area contributed by atoms with Gasteiger partial charge in [0.15, 0.2) is 5.78 Å². The van der Waals surface area contributed by atoms with Gasteiger partial charge in [0, 0.05) is 13.5 Å². The molecule has 3 aliphatic carbocycles. The maximum atomic E-state index is 13.3. The molecule has 4 rings (SSSR count). The lowest BCUT2D eigenvalue weighted by atomic mass is 9.44. The summed E-state index contributed by atoms with van der Waals surface area (Å²) in [6.45, 7) is 9.53. The number of hydrogen-bond acceptors (Lipinski definition) is 6. The van der Waals surface area contributed by atoms with Crippen LogP contribution in [0.5, 0.6) is 0 Å². The van der Waals surface area contributed by atoms with Crippen molar-refractivity contribution in [3.8, 4) is 0 Å². The van der Waals surface area contributed by atoms with E-state index in [0.717, 1.165) is 12.8 Å². The SMILES string of the molecule is C=C1C(=O)[C@]23C[C@H]1CC[C@H]2[C@]1(COC3=O)[C@@H](OC(C)=O)CCC(C)(C)[C@H]1CO. The van der Waals surface area contributed by atoms with E-state index >= 15 is 0 Å². The number of rotatable bonds is 2. The summed E-state index contributed by atoms with van der Waals surface area (Å²) in [5.41, 5.74) is -1.71. The van der Waals surface area contributed by atoms with Crippen molar-refractivity contribution in [1.29, 1.82) is 0 Å². The Bertz CT molecular complexity index is 754. The van der Waals surface area contributed by atoms with Crippen molar-refractivity contribution in [1.82, 2.24) is 0 Å². The molecular weight excluding hydrogens is 360 g/mol. The van der Waals surface area contributed by atoms with Gasteiger partial charge in [-0.25, -0.2) is 0 Å². The molecule has 154 valence electrons. The van der Waals surface area contributed by atoms with Crippen molar-refractivity contribution in [2.75, 3.05) is 13.2 Å². The van der Waals surface area contributed by atoms with Gasteiger partial charge in [-0.15, -0.1) is 0 Å². The molecular formula is C22H30O6. The van der Waals surface area contributed by atoms with Crippen LogP contribution in [-0.2, 0) is 23.9 Å². The zero-order chi connectivity index (χ0) is 20.5. The van der Waals surface area contributed by atoms with Gasteiger partial charge in [0.25, 0.3) is 0 Å². The number of esters is 2. The van der Waals surface area contributed by atoms with E-state index in [-0.39, 0.29) is 48.1 Å². The van der Waals surface area contributed by atoms with E-state index in [1.54, 1.807) is 0 Å². The number of aliphatic hydroxyl groups excluding tert-OH is 1. The monoisotopic (exact) mass is 390 g/mol. The highest BCUT2D eigenvalue weighted by Crippen LogP contribution is 2.68. The average molecular weight is 390 g/mol. The molecule has 0 amide bonds. The Kier molecular flexibility index (Phi) is 4.31. The molecule has 1 heterocycles. The summed E-state index contributed by atoms with van der Waals surface area (Å²) >= 11 is 0. The Labute approximate surface area is 165 Å². The quantitative estimate of drug-likeness (QED) is 0.442. The molecule has 6 heteroatoms. The first-order valence-corrected chi connectivity index (χ1v) is 10.3. The normalized spacial score (nSPS) is 44.2. The molecule has 28 heavy (non-hydrogen) atoms. The predicted octanol–water partition coefficient (Wildman–Crippen LogP) is 2.43. The lowest BCUT2D eigenvalue weighted by molar-refractivity contribution is -0.247. The number of ether oxygens (including phenoxy) is 2. The number of allylic oxidation sites excluding steroid dienone is 1. The maximum absolute atomic E-state index is 13.3. The van der Waals surface area contributed by atoms with Crippen LogP contribution in [0, 0.1) is 34.0 Å². The minimum absolute atomic E-state index is 0.0165. The second-order valence-corrected chi connectivity index (χ2v) is 9.91. The van der Waals surface area contributed by atoms with Gasteiger partial charge < -0.3 is 14.6 Å². The van der Waals surface area contributed by atoms with Gasteiger partial charge in [0.05, 0.1) is 5.41 Å². The van der Waals surface area contributed by atoms with Crippen molar-refractivity contribution in [2.24, 2.45) is 34.0 Å². The molecule has 6 atom stereocenters. The van der Waals surface area contributed by atoms with Gasteiger partial charge >= 0.3 is 11.9 Å². The number of carbonyl (C=O) groups excluding carboxylic acids is 3. The molecule has 0 aromatic carbocycles. The molecule has 1 N–H and O–H groups in total. The summed E-state index contributed by atoms with van der Waals surface area (Å²) in [6.07, 6.45) is 2.83. The molecule has 3 saturated carbocycles. The zero-order valence-electron chi connectivity index (χ0n) is 17.0. The van der Waals surface area contributed by atoms with Crippen LogP contribution in [-0.4, -0.2) is 42.1 Å². The molecule has 2 spiro atoms. The summed E-state index contributed by atoms with van der Waals surface area (Å²) in [4.78, 5) is 38.2. The van der Waals surface area contributed by atoms with E-state index in [9.17, 15) is 19.5 Å². The van der Waals surface area contributed by atoms with Crippen LogP contribution in [0.3, 0.4) is 0 Å². The fourth-order valence-electron chi connectivity index (χ4n) is 7.08. The van der Waals surface area contributed by atoms with Gasteiger partial charge in [-0.1, -0.05) is 20.4 Å². The summed E-state index contributed by atoms with van der Waals surface area (Å²) in [7, 11) is 0. The third-order valence-corrected chi connectivity index (χ3v) is 8.36. The number of Topliss-reactive ketones (excluding diaryl/α,β-unsaturated/α-hetero) is 1. The van der Waals surface area contributed by atoms with Crippen LogP contribution in [0.4, 0.5) is 0 Å². The molecule has 0 radical (unpaired) electrons. The Morgan fingerprint density at radius 2 is 2.00 bits per heavy atom. The molecule has 0 aromatic rings. The van der Waals surface area contributed by atoms with E-state index in [1.165, 1.54) is 6.92 Å². The number of ketones is 1. The molecule has 0 unspecified atom stereocenters. The number of carbonyl (C=O) groups is 3. The molecule has 0 aromatic heterocycles. The standard InChI is InChI=1S/C22H30O6/c1-12-14-5-6-15-21(9-14,18(12)25)19(26)27-11-22(15)16(10-23)20(3,4)8-7-17(22)28-13(2)24/h14-17,23H,1,5-11H2,2-4H3/t14-,15-,16-,17+,21+,22+/m1/s1. The van der Waals surface area contributed by atoms with Gasteiger partial charge in [-0.05, 0) is 60.8 Å². The minimum atomic E-state index is -1.24. The predicted molar refractivity (Wildman–Crippen MR) is 99.9 cm³/mol. The second-order valence-electron chi connectivity index (χ2n) is 9.91. The largest absolute Gasteiger partial charge is 0.464 e. The Morgan fingerprint density at radius 1 is 1.29 bits per heavy atom. The van der Waals surface area contributed by atoms with Crippen LogP contribution >= 0.6 is 0 Å². The first-order valence-electron chi connectivity index (χ1n) is 10.3. The minimum Gasteiger partial charge on any atom is -0.464 e. The van der Waals surface area contributed by atoms with Crippen LogP contribution in [0.25, 0.3) is 0 Å². The molecule has 1 aliphatic heterocycles. The molecule has 6 nitrogen and oxygen atoms in total. The fraction of sp³-hybridized carbons (Fsp3) is 0.773. The highest BCUT2D eigenvalue weighted by atomic mass is 16.6. The van der Waals surface area contributed by atoms with E-state index in [2.05, 4.69) is 20.4 Å². The van der Waals surface area contributed by atoms with E-state index in [0.29, 0.717) is 24.8 Å². The average Bonchev–Trinajstić information content (AvgIpc) is 2.82. The lowest BCUT2D eigenvalue weighted by Crippen LogP contribution is -2.68. The first kappa shape index (κ1) is 19.6. The first-order chi connectivity index (χ1) is 13.1. The Balaban J connectivity index is 1.90. The smallest absolute Gasteiger partial charge is 0.320 e. The molecule has 1 saturated heterocycles. The highest BCUT2D eigenvalue weighted by Gasteiger charge is 2.74. The topological polar surface area (TPSA) is 89.9 Å². The van der Waals surface area contributed by atoms with Crippen molar-refractivity contribution in [2.45, 2.75) is 59.0 Å². The van der Waals surface area contributed by atoms with Crippen molar-refractivity contribution >= 4 is 17.7 Å². The summed E-state index contributed by atoms with van der Waals surface area (Å²) in [6, 6.07) is 0. The van der Waals surface area contributed by atoms with Crippen LogP contribution in [0.15, 0.2) is 12.2 Å². The summed E-state index contributed by atoms with van der Waals surface area (Å²) < 4.78 is 11.5. The summed E-state index contributed by atoms with van der Waals surface area (Å²) in [5, 5.41) is 10.5. The third-order valence-electron chi connectivity index (χ3n) is 8.36. The van der Waals surface area contributed by atoms with Gasteiger partial charge in [0.2, 0.25) is 0 Å². The van der Waals surface area contributed by atoms with E-state index < -0.39 is 22.9 Å². The van der Waals surface area contributed by atoms with E-state index in [1.807, 2.05) is 0 Å². The van der Waals surface area contributed by atoms with Crippen LogP contribution in [0.2, 0.25) is 0 Å². The van der Waals surface area contributed by atoms with Crippen molar-refractivity contribution in [3.05, 3.63) is 12.2 Å². The maximum Gasteiger partial charge on any atom is 0.320 e. The third kappa shape index (κ3) is 2.27. The number of hydrogen-bond donors (Lipinski definition) is 1. The van der Waals surface area contributed by atoms with Crippen LogP contribution < -0.4 is 0 Å². The zero-order valence-corrected chi connectivity index (χ0v) is 17.0.